The molecule has 2 aliphatic rings. The van der Waals surface area contributed by atoms with Gasteiger partial charge in [0, 0.05) is 18.7 Å². The predicted molar refractivity (Wildman–Crippen MR) is 101 cm³/mol. The van der Waals surface area contributed by atoms with Crippen LogP contribution in [0.15, 0.2) is 48.5 Å². The number of hydrogen-bond acceptors (Lipinski definition) is 4. The van der Waals surface area contributed by atoms with Crippen LogP contribution in [0.4, 0.5) is 5.69 Å². The molecule has 0 radical (unpaired) electrons. The maximum atomic E-state index is 12.2. The zero-order valence-electron chi connectivity index (χ0n) is 15.0. The van der Waals surface area contributed by atoms with E-state index in [0.29, 0.717) is 31.7 Å². The first-order valence-corrected chi connectivity index (χ1v) is 9.23. The molecule has 2 aromatic carbocycles. The Balaban J connectivity index is 1.27. The molecule has 1 atom stereocenters. The molecule has 140 valence electrons. The summed E-state index contributed by atoms with van der Waals surface area (Å²) in [5.41, 5.74) is 1.81. The van der Waals surface area contributed by atoms with Crippen LogP contribution in [0.25, 0.3) is 0 Å². The summed E-state index contributed by atoms with van der Waals surface area (Å²) in [6, 6.07) is 15.1. The number of amides is 2. The summed E-state index contributed by atoms with van der Waals surface area (Å²) >= 11 is 0. The van der Waals surface area contributed by atoms with Crippen LogP contribution in [0.3, 0.4) is 0 Å². The number of carbonyl (C=O) groups is 2. The van der Waals surface area contributed by atoms with Crippen molar-refractivity contribution in [1.82, 2.24) is 5.32 Å². The van der Waals surface area contributed by atoms with Gasteiger partial charge in [-0.25, -0.2) is 0 Å². The lowest BCUT2D eigenvalue weighted by Crippen LogP contribution is -2.41. The maximum absolute atomic E-state index is 12.2. The van der Waals surface area contributed by atoms with Gasteiger partial charge in [-0.15, -0.1) is 0 Å². The number of carbonyl (C=O) groups excluding carboxylic acids is 2. The van der Waals surface area contributed by atoms with Gasteiger partial charge in [0.25, 0.3) is 0 Å². The molecule has 0 saturated carbocycles. The third-order valence-electron chi connectivity index (χ3n) is 4.78. The second kappa shape index (κ2) is 7.70. The molecule has 1 saturated heterocycles. The first kappa shape index (κ1) is 17.4. The minimum absolute atomic E-state index is 0.0672. The number of anilines is 1. The number of hydrogen-bond donors (Lipinski definition) is 1. The Bertz CT molecular complexity index is 834. The molecule has 0 spiro atoms. The van der Waals surface area contributed by atoms with Gasteiger partial charge in [0.05, 0.1) is 13.0 Å². The second-order valence-electron chi connectivity index (χ2n) is 6.79. The van der Waals surface area contributed by atoms with Crippen LogP contribution in [-0.4, -0.2) is 37.6 Å². The Hall–Kier alpha value is -3.02. The standard InChI is InChI=1S/C21H22N2O4/c24-20(22-13-17-14-26-18-4-1-2-5-19(18)27-17)12-15-7-9-16(10-8-15)23-11-3-6-21(23)25/h1-2,4-5,7-10,17H,3,6,11-14H2,(H,22,24)/t17-/m1/s1. The summed E-state index contributed by atoms with van der Waals surface area (Å²) < 4.78 is 11.5. The first-order valence-electron chi connectivity index (χ1n) is 9.23. The van der Waals surface area contributed by atoms with Crippen molar-refractivity contribution in [2.45, 2.75) is 25.4 Å². The molecule has 6 nitrogen and oxygen atoms in total. The lowest BCUT2D eigenvalue weighted by molar-refractivity contribution is -0.121. The Morgan fingerprint density at radius 1 is 1.11 bits per heavy atom. The SMILES string of the molecule is O=C(Cc1ccc(N2CCCC2=O)cc1)NC[C@@H]1COc2ccccc2O1. The third-order valence-corrected chi connectivity index (χ3v) is 4.78. The van der Waals surface area contributed by atoms with Crippen molar-refractivity contribution >= 4 is 17.5 Å². The predicted octanol–water partition coefficient (Wildman–Crippen LogP) is 2.31. The lowest BCUT2D eigenvalue weighted by atomic mass is 10.1. The number of ether oxygens (including phenoxy) is 2. The lowest BCUT2D eigenvalue weighted by Gasteiger charge is -2.26. The largest absolute Gasteiger partial charge is 0.486 e. The fourth-order valence-corrected chi connectivity index (χ4v) is 3.35. The highest BCUT2D eigenvalue weighted by atomic mass is 16.6. The van der Waals surface area contributed by atoms with Gasteiger partial charge in [0.15, 0.2) is 11.5 Å². The average molecular weight is 366 g/mol. The molecular weight excluding hydrogens is 344 g/mol. The molecule has 4 rings (SSSR count). The van der Waals surface area contributed by atoms with Crippen LogP contribution in [0.1, 0.15) is 18.4 Å². The number of benzene rings is 2. The number of para-hydroxylation sites is 2. The van der Waals surface area contributed by atoms with Crippen molar-refractivity contribution in [2.24, 2.45) is 0 Å². The van der Waals surface area contributed by atoms with E-state index in [-0.39, 0.29) is 17.9 Å². The van der Waals surface area contributed by atoms with Gasteiger partial charge in [-0.2, -0.15) is 0 Å². The van der Waals surface area contributed by atoms with E-state index in [4.69, 9.17) is 9.47 Å². The molecule has 2 amide bonds. The van der Waals surface area contributed by atoms with Gasteiger partial charge in [0.1, 0.15) is 12.7 Å². The van der Waals surface area contributed by atoms with E-state index in [9.17, 15) is 9.59 Å². The smallest absolute Gasteiger partial charge is 0.227 e. The Kier molecular flexibility index (Phi) is 4.96. The summed E-state index contributed by atoms with van der Waals surface area (Å²) in [5, 5.41) is 2.90. The van der Waals surface area contributed by atoms with Gasteiger partial charge >= 0.3 is 0 Å². The second-order valence-corrected chi connectivity index (χ2v) is 6.79. The van der Waals surface area contributed by atoms with E-state index in [1.807, 2.05) is 48.5 Å². The average Bonchev–Trinajstić information content (AvgIpc) is 3.13. The highest BCUT2D eigenvalue weighted by molar-refractivity contribution is 5.95. The zero-order chi connectivity index (χ0) is 18.6. The topological polar surface area (TPSA) is 67.9 Å². The first-order chi connectivity index (χ1) is 13.2. The summed E-state index contributed by atoms with van der Waals surface area (Å²) in [5.74, 6) is 1.53. The van der Waals surface area contributed by atoms with Crippen molar-refractivity contribution in [1.29, 1.82) is 0 Å². The molecule has 0 unspecified atom stereocenters. The molecule has 6 heteroatoms. The Morgan fingerprint density at radius 2 is 1.89 bits per heavy atom. The van der Waals surface area contributed by atoms with Gasteiger partial charge in [-0.3, -0.25) is 9.59 Å². The van der Waals surface area contributed by atoms with Crippen LogP contribution < -0.4 is 19.7 Å². The summed E-state index contributed by atoms with van der Waals surface area (Å²) in [6.07, 6.45) is 1.60. The van der Waals surface area contributed by atoms with Crippen LogP contribution in [0.2, 0.25) is 0 Å². The number of rotatable bonds is 5. The monoisotopic (exact) mass is 366 g/mol. The normalized spacial score (nSPS) is 18.4. The van der Waals surface area contributed by atoms with Crippen molar-refractivity contribution < 1.29 is 19.1 Å². The third kappa shape index (κ3) is 4.05. The van der Waals surface area contributed by atoms with E-state index in [1.165, 1.54) is 0 Å². The van der Waals surface area contributed by atoms with E-state index in [1.54, 1.807) is 4.90 Å². The molecular formula is C21H22N2O4. The fourth-order valence-electron chi connectivity index (χ4n) is 3.35. The molecule has 0 aromatic heterocycles. The van der Waals surface area contributed by atoms with E-state index in [0.717, 1.165) is 30.0 Å². The van der Waals surface area contributed by atoms with E-state index >= 15 is 0 Å². The zero-order valence-corrected chi connectivity index (χ0v) is 15.0. The van der Waals surface area contributed by atoms with Crippen molar-refractivity contribution in [3.63, 3.8) is 0 Å². The van der Waals surface area contributed by atoms with Gasteiger partial charge in [-0.05, 0) is 36.2 Å². The molecule has 2 heterocycles. The number of nitrogens with zero attached hydrogens (tertiary/aromatic N) is 1. The van der Waals surface area contributed by atoms with E-state index in [2.05, 4.69) is 5.32 Å². The quantitative estimate of drug-likeness (QED) is 0.882. The number of nitrogens with one attached hydrogen (secondary N) is 1. The van der Waals surface area contributed by atoms with E-state index < -0.39 is 0 Å². The minimum Gasteiger partial charge on any atom is -0.486 e. The van der Waals surface area contributed by atoms with Gasteiger partial charge in [-0.1, -0.05) is 24.3 Å². The van der Waals surface area contributed by atoms with Crippen molar-refractivity contribution in [2.75, 3.05) is 24.6 Å². The minimum atomic E-state index is -0.201. The number of fused-ring (bicyclic) bond motifs is 1. The van der Waals surface area contributed by atoms with Crippen molar-refractivity contribution in [3.05, 3.63) is 54.1 Å². The van der Waals surface area contributed by atoms with Crippen molar-refractivity contribution in [3.8, 4) is 11.5 Å². The highest BCUT2D eigenvalue weighted by Crippen LogP contribution is 2.30. The Labute approximate surface area is 158 Å². The molecule has 0 aliphatic carbocycles. The van der Waals surface area contributed by atoms with Gasteiger partial charge < -0.3 is 19.7 Å². The Morgan fingerprint density at radius 3 is 2.63 bits per heavy atom. The molecule has 1 N–H and O–H groups in total. The molecule has 1 fully saturated rings. The molecule has 2 aromatic rings. The van der Waals surface area contributed by atoms with Crippen LogP contribution in [0.5, 0.6) is 11.5 Å². The maximum Gasteiger partial charge on any atom is 0.227 e. The molecule has 27 heavy (non-hydrogen) atoms. The van der Waals surface area contributed by atoms with Crippen LogP contribution in [-0.2, 0) is 16.0 Å². The summed E-state index contributed by atoms with van der Waals surface area (Å²) in [7, 11) is 0. The van der Waals surface area contributed by atoms with Crippen LogP contribution in [0, 0.1) is 0 Å². The molecule has 0 bridgehead atoms. The fraction of sp³-hybridized carbons (Fsp3) is 0.333. The highest BCUT2D eigenvalue weighted by Gasteiger charge is 2.22. The summed E-state index contributed by atoms with van der Waals surface area (Å²) in [6.45, 7) is 1.58. The summed E-state index contributed by atoms with van der Waals surface area (Å²) in [4.78, 5) is 25.8. The van der Waals surface area contributed by atoms with Crippen LogP contribution >= 0.6 is 0 Å². The molecule has 2 aliphatic heterocycles. The van der Waals surface area contributed by atoms with Gasteiger partial charge in [0.2, 0.25) is 11.8 Å².